The van der Waals surface area contributed by atoms with E-state index in [1.54, 1.807) is 12.1 Å². The van der Waals surface area contributed by atoms with Crippen molar-refractivity contribution in [2.45, 2.75) is 63.2 Å². The molecular formula is C31H30F5NO3. The largest absolute Gasteiger partial charge is 0.461 e. The molecule has 9 heteroatoms. The minimum atomic E-state index is -4.69. The number of aliphatic hydroxyl groups excluding tert-OH is 1. The molecule has 4 nitrogen and oxygen atoms in total. The van der Waals surface area contributed by atoms with Crippen molar-refractivity contribution < 1.29 is 36.6 Å². The van der Waals surface area contributed by atoms with E-state index in [0.29, 0.717) is 16.7 Å². The van der Waals surface area contributed by atoms with Crippen molar-refractivity contribution in [1.82, 2.24) is 5.32 Å². The van der Waals surface area contributed by atoms with E-state index in [9.17, 15) is 31.9 Å². The van der Waals surface area contributed by atoms with E-state index in [4.69, 9.17) is 0 Å². The summed E-state index contributed by atoms with van der Waals surface area (Å²) in [5.74, 6) is -1.48. The number of carbonyl (C=O) groups excluding carboxylic acids is 1. The Morgan fingerprint density at radius 1 is 1.07 bits per heavy atom. The Hall–Kier alpha value is -3.72. The fraction of sp³-hybridized carbons (Fsp3) is 0.323. The number of rotatable bonds is 9. The summed E-state index contributed by atoms with van der Waals surface area (Å²) in [4.78, 5) is 13.6. The third kappa shape index (κ3) is 6.70. The summed E-state index contributed by atoms with van der Waals surface area (Å²) in [5.41, 5.74) is 2.64. The van der Waals surface area contributed by atoms with Crippen molar-refractivity contribution in [2.75, 3.05) is 0 Å². The van der Waals surface area contributed by atoms with Gasteiger partial charge in [0, 0.05) is 5.56 Å². The van der Waals surface area contributed by atoms with Gasteiger partial charge in [-0.1, -0.05) is 62.4 Å². The summed E-state index contributed by atoms with van der Waals surface area (Å²) in [5, 5.41) is 14.1. The molecule has 0 radical (unpaired) electrons. The van der Waals surface area contributed by atoms with Gasteiger partial charge in [0.15, 0.2) is 0 Å². The van der Waals surface area contributed by atoms with Gasteiger partial charge in [-0.15, -0.1) is 0 Å². The average molecular weight is 560 g/mol. The zero-order chi connectivity index (χ0) is 29.1. The Bertz CT molecular complexity index is 1370. The molecule has 1 aliphatic rings. The normalized spacial score (nSPS) is 16.1. The molecule has 0 fully saturated rings. The Kier molecular flexibility index (Phi) is 8.63. The summed E-state index contributed by atoms with van der Waals surface area (Å²) < 4.78 is 70.0. The van der Waals surface area contributed by atoms with Crippen molar-refractivity contribution in [1.29, 1.82) is 0 Å². The Morgan fingerprint density at radius 2 is 1.77 bits per heavy atom. The number of amides is 1. The quantitative estimate of drug-likeness (QED) is 0.272. The molecule has 40 heavy (non-hydrogen) atoms. The van der Waals surface area contributed by atoms with Gasteiger partial charge >= 0.3 is 12.5 Å². The number of halogens is 5. The van der Waals surface area contributed by atoms with Gasteiger partial charge in [-0.25, -0.2) is 4.39 Å². The van der Waals surface area contributed by atoms with E-state index >= 15 is 0 Å². The molecule has 2 atom stereocenters. The molecule has 0 heterocycles. The van der Waals surface area contributed by atoms with Crippen LogP contribution in [0.15, 0.2) is 72.8 Å². The summed E-state index contributed by atoms with van der Waals surface area (Å²) in [7, 11) is 0. The summed E-state index contributed by atoms with van der Waals surface area (Å²) in [6, 6.07) is 14.7. The van der Waals surface area contributed by atoms with Crippen molar-refractivity contribution in [3.05, 3.63) is 106 Å². The number of allylic oxidation sites excluding steroid dienone is 1. The van der Waals surface area contributed by atoms with E-state index in [1.807, 2.05) is 18.2 Å². The predicted molar refractivity (Wildman–Crippen MR) is 142 cm³/mol. The summed E-state index contributed by atoms with van der Waals surface area (Å²) in [6.45, 7) is 4.21. The highest BCUT2D eigenvalue weighted by atomic mass is 19.3. The Morgan fingerprint density at radius 3 is 2.48 bits per heavy atom. The van der Waals surface area contributed by atoms with Gasteiger partial charge in [0.1, 0.15) is 11.6 Å². The maximum Gasteiger partial charge on any atom is 0.461 e. The lowest BCUT2D eigenvalue weighted by Gasteiger charge is -2.28. The number of hydrogen-bond donors (Lipinski definition) is 2. The topological polar surface area (TPSA) is 58.6 Å². The van der Waals surface area contributed by atoms with Crippen molar-refractivity contribution in [2.24, 2.45) is 0 Å². The van der Waals surface area contributed by atoms with Crippen LogP contribution in [0.2, 0.25) is 0 Å². The lowest BCUT2D eigenvalue weighted by atomic mass is 9.78. The van der Waals surface area contributed by atoms with Gasteiger partial charge in [-0.3, -0.25) is 4.79 Å². The molecule has 1 aliphatic carbocycles. The molecule has 2 unspecified atom stereocenters. The molecule has 0 aromatic heterocycles. The predicted octanol–water partition coefficient (Wildman–Crippen LogP) is 7.22. The first kappa shape index (κ1) is 29.3. The number of ether oxygens (including phenoxy) is 1. The van der Waals surface area contributed by atoms with Crippen LogP contribution in [0, 0.1) is 5.82 Å². The zero-order valence-electron chi connectivity index (χ0n) is 22.0. The van der Waals surface area contributed by atoms with Crippen LogP contribution in [0.1, 0.15) is 65.4 Å². The molecule has 3 aromatic rings. The molecule has 0 saturated carbocycles. The minimum absolute atomic E-state index is 0.0713. The van der Waals surface area contributed by atoms with Crippen LogP contribution in [0.3, 0.4) is 0 Å². The van der Waals surface area contributed by atoms with Crippen LogP contribution < -0.4 is 10.1 Å². The second kappa shape index (κ2) is 11.8. The fourth-order valence-electron chi connectivity index (χ4n) is 4.88. The Balaban J connectivity index is 1.66. The number of hydrogen-bond acceptors (Lipinski definition) is 3. The lowest BCUT2D eigenvalue weighted by molar-refractivity contribution is -0.253. The van der Waals surface area contributed by atoms with Crippen molar-refractivity contribution in [3.63, 3.8) is 0 Å². The molecule has 1 amide bonds. The van der Waals surface area contributed by atoms with E-state index in [2.05, 4.69) is 23.9 Å². The van der Waals surface area contributed by atoms with Crippen LogP contribution in [0.5, 0.6) is 5.75 Å². The van der Waals surface area contributed by atoms with Gasteiger partial charge in [0.05, 0.1) is 12.1 Å². The maximum absolute atomic E-state index is 13.6. The number of nitrogens with one attached hydrogen (secondary N) is 1. The van der Waals surface area contributed by atoms with Crippen LogP contribution in [-0.2, 0) is 11.8 Å². The first-order chi connectivity index (χ1) is 18.9. The first-order valence-corrected chi connectivity index (χ1v) is 12.9. The molecule has 212 valence electrons. The van der Waals surface area contributed by atoms with Crippen LogP contribution >= 0.6 is 0 Å². The van der Waals surface area contributed by atoms with E-state index < -0.39 is 42.2 Å². The lowest BCUT2D eigenvalue weighted by Crippen LogP contribution is -2.41. The number of aliphatic hydroxyl groups is 1. The highest BCUT2D eigenvalue weighted by Gasteiger charge is 2.44. The van der Waals surface area contributed by atoms with Gasteiger partial charge in [-0.2, -0.15) is 17.6 Å². The van der Waals surface area contributed by atoms with Crippen molar-refractivity contribution in [3.8, 4) is 5.75 Å². The molecule has 2 N–H and O–H groups in total. The number of alkyl halides is 4. The smallest absolute Gasteiger partial charge is 0.428 e. The van der Waals surface area contributed by atoms with Crippen LogP contribution in [0.4, 0.5) is 22.0 Å². The van der Waals surface area contributed by atoms with Gasteiger partial charge in [0.2, 0.25) is 0 Å². The third-order valence-electron chi connectivity index (χ3n) is 7.07. The highest BCUT2D eigenvalue weighted by Crippen LogP contribution is 2.36. The molecule has 0 bridgehead atoms. The SMILES string of the molecule is CC1(C)CCC=Cc2c(C(=O)NC(Cc3cccc(OC(F)(F)C(F)F)c3)C(O)c3ccc(F)cc3)cccc21. The van der Waals surface area contributed by atoms with Crippen LogP contribution in [0.25, 0.3) is 6.08 Å². The molecule has 0 aliphatic heterocycles. The summed E-state index contributed by atoms with van der Waals surface area (Å²) in [6.07, 6.45) is -4.43. The van der Waals surface area contributed by atoms with E-state index in [1.165, 1.54) is 36.4 Å². The minimum Gasteiger partial charge on any atom is -0.428 e. The first-order valence-electron chi connectivity index (χ1n) is 12.9. The average Bonchev–Trinajstić information content (AvgIpc) is 3.06. The molecule has 4 rings (SSSR count). The summed E-state index contributed by atoms with van der Waals surface area (Å²) >= 11 is 0. The standard InChI is InChI=1S/C31H30F5NO3/c1-30(2)16-4-3-9-23-24(10-6-11-25(23)30)28(39)37-26(27(38)20-12-14-21(32)15-13-20)18-19-7-5-8-22(17-19)40-31(35,36)29(33)34/h3,5-15,17,26-27,29,38H,4,16,18H2,1-2H3,(H,37,39). The molecule has 0 spiro atoms. The van der Waals surface area contributed by atoms with Gasteiger partial charge in [-0.05, 0) is 77.3 Å². The van der Waals surface area contributed by atoms with E-state index in [0.717, 1.165) is 36.1 Å². The number of benzene rings is 3. The van der Waals surface area contributed by atoms with Gasteiger partial charge in [0.25, 0.3) is 5.91 Å². The number of fused-ring (bicyclic) bond motifs is 1. The molecule has 0 saturated heterocycles. The monoisotopic (exact) mass is 559 g/mol. The molecular weight excluding hydrogens is 529 g/mol. The third-order valence-corrected chi connectivity index (χ3v) is 7.07. The second-order valence-corrected chi connectivity index (χ2v) is 10.5. The second-order valence-electron chi connectivity index (χ2n) is 10.5. The zero-order valence-corrected chi connectivity index (χ0v) is 22.0. The highest BCUT2D eigenvalue weighted by molar-refractivity contribution is 5.98. The fourth-order valence-corrected chi connectivity index (χ4v) is 4.88. The van der Waals surface area contributed by atoms with Crippen molar-refractivity contribution >= 4 is 12.0 Å². The number of carbonyl (C=O) groups is 1. The Labute approximate surface area is 229 Å². The molecule has 3 aromatic carbocycles. The van der Waals surface area contributed by atoms with E-state index in [-0.39, 0.29) is 11.8 Å². The van der Waals surface area contributed by atoms with Crippen LogP contribution in [-0.4, -0.2) is 29.6 Å². The maximum atomic E-state index is 13.6. The van der Waals surface area contributed by atoms with Gasteiger partial charge < -0.3 is 15.2 Å².